The van der Waals surface area contributed by atoms with Gasteiger partial charge in [-0.3, -0.25) is 0 Å². The fourth-order valence-corrected chi connectivity index (χ4v) is 3.86. The van der Waals surface area contributed by atoms with Crippen molar-refractivity contribution in [2.45, 2.75) is 25.7 Å². The zero-order valence-electron chi connectivity index (χ0n) is 10.3. The van der Waals surface area contributed by atoms with Gasteiger partial charge in [-0.15, -0.1) is 0 Å². The third-order valence-electron chi connectivity index (χ3n) is 3.46. The van der Waals surface area contributed by atoms with Gasteiger partial charge in [-0.05, 0) is 25.0 Å². The standard InChI is InChI=1S/C13H19NO3S/c14-18(15,16)11-13(8-4-5-9-13)10-17-12-6-2-1-3-7-12/h1-3,6-7H,4-5,8-11H2,(H2,14,15,16). The van der Waals surface area contributed by atoms with Crippen LogP contribution in [-0.4, -0.2) is 20.8 Å². The highest BCUT2D eigenvalue weighted by Gasteiger charge is 2.38. The second kappa shape index (κ2) is 5.28. The van der Waals surface area contributed by atoms with Crippen molar-refractivity contribution in [3.05, 3.63) is 30.3 Å². The van der Waals surface area contributed by atoms with Crippen molar-refractivity contribution < 1.29 is 13.2 Å². The molecule has 1 aromatic rings. The molecular weight excluding hydrogens is 250 g/mol. The minimum absolute atomic E-state index is 0.0207. The van der Waals surface area contributed by atoms with Crippen molar-refractivity contribution in [3.8, 4) is 5.75 Å². The molecule has 18 heavy (non-hydrogen) atoms. The Morgan fingerprint density at radius 1 is 1.17 bits per heavy atom. The summed E-state index contributed by atoms with van der Waals surface area (Å²) in [4.78, 5) is 0. The Labute approximate surface area is 108 Å². The summed E-state index contributed by atoms with van der Waals surface area (Å²) < 4.78 is 28.4. The molecule has 0 atom stereocenters. The van der Waals surface area contributed by atoms with Crippen LogP contribution in [0.1, 0.15) is 25.7 Å². The van der Waals surface area contributed by atoms with E-state index in [1.807, 2.05) is 30.3 Å². The summed E-state index contributed by atoms with van der Waals surface area (Å²) in [6.45, 7) is 0.424. The quantitative estimate of drug-likeness (QED) is 0.887. The molecule has 1 aromatic carbocycles. The topological polar surface area (TPSA) is 69.4 Å². The molecular formula is C13H19NO3S. The van der Waals surface area contributed by atoms with Crippen LogP contribution in [0.25, 0.3) is 0 Å². The van der Waals surface area contributed by atoms with Gasteiger partial charge in [0.2, 0.25) is 10.0 Å². The Morgan fingerprint density at radius 3 is 2.33 bits per heavy atom. The van der Waals surface area contributed by atoms with Crippen molar-refractivity contribution in [1.29, 1.82) is 0 Å². The summed E-state index contributed by atoms with van der Waals surface area (Å²) in [5, 5.41) is 5.19. The van der Waals surface area contributed by atoms with Gasteiger partial charge in [0.05, 0.1) is 12.4 Å². The van der Waals surface area contributed by atoms with Crippen molar-refractivity contribution in [3.63, 3.8) is 0 Å². The monoisotopic (exact) mass is 269 g/mol. The van der Waals surface area contributed by atoms with Gasteiger partial charge in [0.15, 0.2) is 0 Å². The summed E-state index contributed by atoms with van der Waals surface area (Å²) in [7, 11) is -3.45. The molecule has 2 N–H and O–H groups in total. The third-order valence-corrected chi connectivity index (χ3v) is 4.47. The number of primary sulfonamides is 1. The Bertz CT molecular complexity index is 478. The zero-order valence-corrected chi connectivity index (χ0v) is 11.2. The molecule has 0 aliphatic heterocycles. The molecule has 0 amide bonds. The van der Waals surface area contributed by atoms with Crippen LogP contribution in [0.2, 0.25) is 0 Å². The SMILES string of the molecule is NS(=O)(=O)CC1(COc2ccccc2)CCCC1. The van der Waals surface area contributed by atoms with Crippen LogP contribution < -0.4 is 9.88 Å². The minimum Gasteiger partial charge on any atom is -0.493 e. The highest BCUT2D eigenvalue weighted by Crippen LogP contribution is 2.39. The average molecular weight is 269 g/mol. The number of sulfonamides is 1. The normalized spacial score (nSPS) is 18.7. The van der Waals surface area contributed by atoms with Crippen LogP contribution in [0.4, 0.5) is 0 Å². The van der Waals surface area contributed by atoms with Gasteiger partial charge >= 0.3 is 0 Å². The Hall–Kier alpha value is -1.07. The lowest BCUT2D eigenvalue weighted by Gasteiger charge is -2.27. The van der Waals surface area contributed by atoms with Gasteiger partial charge in [-0.2, -0.15) is 0 Å². The molecule has 0 bridgehead atoms. The van der Waals surface area contributed by atoms with Crippen LogP contribution in [0, 0.1) is 5.41 Å². The lowest BCUT2D eigenvalue weighted by Crippen LogP contribution is -2.36. The van der Waals surface area contributed by atoms with Gasteiger partial charge in [-0.25, -0.2) is 13.6 Å². The van der Waals surface area contributed by atoms with E-state index in [0.29, 0.717) is 6.61 Å². The molecule has 0 radical (unpaired) electrons. The highest BCUT2D eigenvalue weighted by molar-refractivity contribution is 7.89. The van der Waals surface area contributed by atoms with Crippen molar-refractivity contribution >= 4 is 10.0 Å². The maximum Gasteiger partial charge on any atom is 0.209 e. The maximum atomic E-state index is 11.3. The van der Waals surface area contributed by atoms with E-state index in [0.717, 1.165) is 31.4 Å². The second-order valence-corrected chi connectivity index (χ2v) is 6.73. The largest absolute Gasteiger partial charge is 0.493 e. The molecule has 4 nitrogen and oxygen atoms in total. The van der Waals surface area contributed by atoms with Crippen LogP contribution >= 0.6 is 0 Å². The number of nitrogens with two attached hydrogens (primary N) is 1. The Kier molecular flexibility index (Phi) is 3.92. The molecule has 2 rings (SSSR count). The highest BCUT2D eigenvalue weighted by atomic mass is 32.2. The fraction of sp³-hybridized carbons (Fsp3) is 0.538. The van der Waals surface area contributed by atoms with E-state index in [1.54, 1.807) is 0 Å². The number of hydrogen-bond donors (Lipinski definition) is 1. The van der Waals surface area contributed by atoms with Gasteiger partial charge in [-0.1, -0.05) is 31.0 Å². The summed E-state index contributed by atoms with van der Waals surface area (Å²) in [5.74, 6) is 0.797. The number of hydrogen-bond acceptors (Lipinski definition) is 3. The molecule has 0 saturated heterocycles. The molecule has 0 heterocycles. The van der Waals surface area contributed by atoms with E-state index >= 15 is 0 Å². The van der Waals surface area contributed by atoms with Crippen LogP contribution in [0.3, 0.4) is 0 Å². The molecule has 1 fully saturated rings. The fourth-order valence-electron chi connectivity index (χ4n) is 2.64. The van der Waals surface area contributed by atoms with Gasteiger partial charge in [0.1, 0.15) is 5.75 Å². The molecule has 1 aliphatic carbocycles. The molecule has 5 heteroatoms. The number of benzene rings is 1. The lowest BCUT2D eigenvalue weighted by molar-refractivity contribution is 0.170. The van der Waals surface area contributed by atoms with E-state index in [-0.39, 0.29) is 11.2 Å². The van der Waals surface area contributed by atoms with Crippen LogP contribution in [0.5, 0.6) is 5.75 Å². The van der Waals surface area contributed by atoms with Crippen LogP contribution in [0.15, 0.2) is 30.3 Å². The first-order valence-electron chi connectivity index (χ1n) is 6.18. The molecule has 0 aromatic heterocycles. The van der Waals surface area contributed by atoms with Crippen molar-refractivity contribution in [2.24, 2.45) is 10.6 Å². The smallest absolute Gasteiger partial charge is 0.209 e. The summed E-state index contributed by atoms with van der Waals surface area (Å²) in [6.07, 6.45) is 3.84. The van der Waals surface area contributed by atoms with E-state index in [4.69, 9.17) is 9.88 Å². The zero-order chi connectivity index (χ0) is 13.1. The van der Waals surface area contributed by atoms with Crippen LogP contribution in [-0.2, 0) is 10.0 Å². The van der Waals surface area contributed by atoms with E-state index in [2.05, 4.69) is 0 Å². The van der Waals surface area contributed by atoms with E-state index in [1.165, 1.54) is 0 Å². The van der Waals surface area contributed by atoms with Crippen molar-refractivity contribution in [2.75, 3.05) is 12.4 Å². The average Bonchev–Trinajstić information content (AvgIpc) is 2.75. The maximum absolute atomic E-state index is 11.3. The minimum atomic E-state index is -3.45. The molecule has 0 unspecified atom stereocenters. The summed E-state index contributed by atoms with van der Waals surface area (Å²) in [5.41, 5.74) is -0.302. The lowest BCUT2D eigenvalue weighted by atomic mass is 9.90. The van der Waals surface area contributed by atoms with Gasteiger partial charge in [0.25, 0.3) is 0 Å². The molecule has 100 valence electrons. The van der Waals surface area contributed by atoms with Crippen molar-refractivity contribution in [1.82, 2.24) is 0 Å². The predicted molar refractivity (Wildman–Crippen MR) is 70.8 cm³/mol. The number of rotatable bonds is 5. The predicted octanol–water partition coefficient (Wildman–Crippen LogP) is 1.91. The summed E-state index contributed by atoms with van der Waals surface area (Å²) >= 11 is 0. The molecule has 1 aliphatic rings. The van der Waals surface area contributed by atoms with Gasteiger partial charge in [0, 0.05) is 5.41 Å². The second-order valence-electron chi connectivity index (χ2n) is 5.12. The van der Waals surface area contributed by atoms with Gasteiger partial charge < -0.3 is 4.74 Å². The Balaban J connectivity index is 2.03. The first-order chi connectivity index (χ1) is 8.49. The number of para-hydroxylation sites is 1. The first-order valence-corrected chi connectivity index (χ1v) is 7.89. The number of ether oxygens (including phenoxy) is 1. The first kappa shape index (κ1) is 13.4. The summed E-state index contributed by atoms with van der Waals surface area (Å²) in [6, 6.07) is 9.47. The van der Waals surface area contributed by atoms with E-state index < -0.39 is 10.0 Å². The molecule has 1 saturated carbocycles. The molecule has 0 spiro atoms. The van der Waals surface area contributed by atoms with E-state index in [9.17, 15) is 8.42 Å². The Morgan fingerprint density at radius 2 is 1.78 bits per heavy atom. The third kappa shape index (κ3) is 3.71.